The van der Waals surface area contributed by atoms with Gasteiger partial charge in [0.25, 0.3) is 0 Å². The largest absolute Gasteiger partial charge is 0.449 e. The number of rotatable bonds is 1. The molecule has 3 rings (SSSR count). The van der Waals surface area contributed by atoms with E-state index in [9.17, 15) is 9.18 Å². The minimum absolute atomic E-state index is 0.284. The van der Waals surface area contributed by atoms with Gasteiger partial charge < -0.3 is 4.74 Å². The van der Waals surface area contributed by atoms with Crippen molar-refractivity contribution in [2.24, 2.45) is 0 Å². The predicted octanol–water partition coefficient (Wildman–Crippen LogP) is 3.39. The number of aryl methyl sites for hydroxylation is 1. The van der Waals surface area contributed by atoms with Crippen molar-refractivity contribution in [1.82, 2.24) is 0 Å². The van der Waals surface area contributed by atoms with Crippen LogP contribution in [0.4, 0.5) is 4.39 Å². The van der Waals surface area contributed by atoms with E-state index in [-0.39, 0.29) is 11.8 Å². The first kappa shape index (κ1) is 11.0. The van der Waals surface area contributed by atoms with Crippen LogP contribution in [0.15, 0.2) is 42.5 Å². The molecule has 1 heterocycles. The highest BCUT2D eigenvalue weighted by Crippen LogP contribution is 2.35. The summed E-state index contributed by atoms with van der Waals surface area (Å²) in [6.07, 6.45) is -0.496. The van der Waals surface area contributed by atoms with Crippen molar-refractivity contribution in [3.8, 4) is 0 Å². The molecular formula is C15H11FO2. The molecule has 2 nitrogen and oxygen atoms in total. The van der Waals surface area contributed by atoms with Crippen LogP contribution in [-0.2, 0) is 4.74 Å². The van der Waals surface area contributed by atoms with Crippen molar-refractivity contribution in [2.75, 3.05) is 0 Å². The molecule has 0 amide bonds. The van der Waals surface area contributed by atoms with Gasteiger partial charge in [-0.3, -0.25) is 0 Å². The number of carbonyl (C=O) groups excluding carboxylic acids is 1. The van der Waals surface area contributed by atoms with Gasteiger partial charge in [0, 0.05) is 5.56 Å². The summed E-state index contributed by atoms with van der Waals surface area (Å²) in [6, 6.07) is 12.1. The first-order valence-corrected chi connectivity index (χ1v) is 5.73. The van der Waals surface area contributed by atoms with E-state index >= 15 is 0 Å². The van der Waals surface area contributed by atoms with Crippen LogP contribution in [0.2, 0.25) is 0 Å². The predicted molar refractivity (Wildman–Crippen MR) is 64.8 cm³/mol. The van der Waals surface area contributed by atoms with Crippen LogP contribution in [0, 0.1) is 12.7 Å². The fourth-order valence-electron chi connectivity index (χ4n) is 2.17. The minimum atomic E-state index is -0.496. The molecule has 0 aliphatic carbocycles. The molecule has 2 aromatic carbocycles. The third-order valence-corrected chi connectivity index (χ3v) is 3.19. The molecule has 18 heavy (non-hydrogen) atoms. The molecule has 1 aliphatic rings. The Morgan fingerprint density at radius 3 is 2.72 bits per heavy atom. The Bertz CT molecular complexity index is 634. The zero-order chi connectivity index (χ0) is 12.7. The van der Waals surface area contributed by atoms with Gasteiger partial charge in [-0.1, -0.05) is 30.3 Å². The van der Waals surface area contributed by atoms with E-state index in [0.717, 1.165) is 5.56 Å². The van der Waals surface area contributed by atoms with Crippen molar-refractivity contribution < 1.29 is 13.9 Å². The van der Waals surface area contributed by atoms with Gasteiger partial charge in [0.15, 0.2) is 6.10 Å². The highest BCUT2D eigenvalue weighted by molar-refractivity contribution is 5.94. The van der Waals surface area contributed by atoms with Crippen molar-refractivity contribution in [2.45, 2.75) is 13.0 Å². The van der Waals surface area contributed by atoms with Crippen LogP contribution in [0.3, 0.4) is 0 Å². The Labute approximate surface area is 104 Å². The van der Waals surface area contributed by atoms with Gasteiger partial charge in [-0.15, -0.1) is 0 Å². The molecule has 1 aliphatic heterocycles. The van der Waals surface area contributed by atoms with Crippen molar-refractivity contribution in [3.63, 3.8) is 0 Å². The van der Waals surface area contributed by atoms with Crippen LogP contribution in [0.1, 0.15) is 33.2 Å². The SMILES string of the molecule is Cc1ccc([C@H]2OC(=O)c3ccccc32)cc1F. The third-order valence-electron chi connectivity index (χ3n) is 3.19. The average molecular weight is 242 g/mol. The molecule has 90 valence electrons. The molecule has 0 N–H and O–H groups in total. The molecule has 2 aromatic rings. The summed E-state index contributed by atoms with van der Waals surface area (Å²) in [5.41, 5.74) is 2.60. The van der Waals surface area contributed by atoms with E-state index < -0.39 is 6.10 Å². The monoisotopic (exact) mass is 242 g/mol. The number of benzene rings is 2. The lowest BCUT2D eigenvalue weighted by molar-refractivity contribution is 0.0455. The summed E-state index contributed by atoms with van der Waals surface area (Å²) < 4.78 is 18.9. The van der Waals surface area contributed by atoms with Gasteiger partial charge in [-0.2, -0.15) is 0 Å². The molecule has 1 atom stereocenters. The Balaban J connectivity index is 2.09. The summed E-state index contributed by atoms with van der Waals surface area (Å²) >= 11 is 0. The second-order valence-corrected chi connectivity index (χ2v) is 4.38. The number of carbonyl (C=O) groups is 1. The van der Waals surface area contributed by atoms with E-state index in [1.165, 1.54) is 6.07 Å². The number of hydrogen-bond acceptors (Lipinski definition) is 2. The van der Waals surface area contributed by atoms with E-state index in [1.54, 1.807) is 31.2 Å². The summed E-state index contributed by atoms with van der Waals surface area (Å²) in [5.74, 6) is -0.635. The molecule has 0 radical (unpaired) electrons. The zero-order valence-electron chi connectivity index (χ0n) is 9.81. The van der Waals surface area contributed by atoms with E-state index in [1.807, 2.05) is 12.1 Å². The van der Waals surface area contributed by atoms with Crippen LogP contribution >= 0.6 is 0 Å². The molecule has 0 fully saturated rings. The number of fused-ring (bicyclic) bond motifs is 1. The zero-order valence-corrected chi connectivity index (χ0v) is 9.81. The second-order valence-electron chi connectivity index (χ2n) is 4.38. The Kier molecular flexibility index (Phi) is 2.40. The van der Waals surface area contributed by atoms with Gasteiger partial charge >= 0.3 is 5.97 Å². The normalized spacial score (nSPS) is 17.4. The van der Waals surface area contributed by atoms with Gasteiger partial charge in [0.2, 0.25) is 0 Å². The quantitative estimate of drug-likeness (QED) is 0.716. The lowest BCUT2D eigenvalue weighted by atomic mass is 9.98. The number of esters is 1. The smallest absolute Gasteiger partial charge is 0.339 e. The van der Waals surface area contributed by atoms with E-state index in [2.05, 4.69) is 0 Å². The molecule has 0 aromatic heterocycles. The Morgan fingerprint density at radius 1 is 1.17 bits per heavy atom. The van der Waals surface area contributed by atoms with Gasteiger partial charge in [0.05, 0.1) is 5.56 Å². The lowest BCUT2D eigenvalue weighted by Crippen LogP contribution is -2.01. The summed E-state index contributed by atoms with van der Waals surface area (Å²) in [4.78, 5) is 11.7. The van der Waals surface area contributed by atoms with Gasteiger partial charge in [-0.25, -0.2) is 9.18 Å². The molecule has 0 unspecified atom stereocenters. The highest BCUT2D eigenvalue weighted by Gasteiger charge is 2.31. The summed E-state index contributed by atoms with van der Waals surface area (Å²) in [6.45, 7) is 1.70. The molecule has 0 spiro atoms. The molecular weight excluding hydrogens is 231 g/mol. The number of ether oxygens (including phenoxy) is 1. The van der Waals surface area contributed by atoms with Crippen molar-refractivity contribution in [1.29, 1.82) is 0 Å². The van der Waals surface area contributed by atoms with Crippen molar-refractivity contribution >= 4 is 5.97 Å². The Hall–Kier alpha value is -2.16. The molecule has 0 saturated carbocycles. The van der Waals surface area contributed by atoms with E-state index in [4.69, 9.17) is 4.74 Å². The standard InChI is InChI=1S/C15H11FO2/c1-9-6-7-10(8-13(9)16)14-11-4-2-3-5-12(11)15(17)18-14/h2-8,14H,1H3/t14-/m1/s1. The van der Waals surface area contributed by atoms with Gasteiger partial charge in [0.1, 0.15) is 5.82 Å². The fourth-order valence-corrected chi connectivity index (χ4v) is 2.17. The topological polar surface area (TPSA) is 26.3 Å². The number of cyclic esters (lactones) is 1. The minimum Gasteiger partial charge on any atom is -0.449 e. The van der Waals surface area contributed by atoms with E-state index in [0.29, 0.717) is 16.7 Å². The second kappa shape index (κ2) is 3.95. The maximum Gasteiger partial charge on any atom is 0.339 e. The summed E-state index contributed by atoms with van der Waals surface area (Å²) in [5, 5.41) is 0. The molecule has 0 saturated heterocycles. The van der Waals surface area contributed by atoms with Gasteiger partial charge in [-0.05, 0) is 30.2 Å². The van der Waals surface area contributed by atoms with Crippen LogP contribution in [0.25, 0.3) is 0 Å². The lowest BCUT2D eigenvalue weighted by Gasteiger charge is -2.11. The van der Waals surface area contributed by atoms with Crippen molar-refractivity contribution in [3.05, 3.63) is 70.5 Å². The third kappa shape index (κ3) is 1.59. The fraction of sp³-hybridized carbons (Fsp3) is 0.133. The molecule has 0 bridgehead atoms. The highest BCUT2D eigenvalue weighted by atomic mass is 19.1. The van der Waals surface area contributed by atoms with Crippen LogP contribution < -0.4 is 0 Å². The number of halogens is 1. The number of hydrogen-bond donors (Lipinski definition) is 0. The first-order chi connectivity index (χ1) is 8.66. The maximum atomic E-state index is 13.6. The Morgan fingerprint density at radius 2 is 1.94 bits per heavy atom. The average Bonchev–Trinajstić information content (AvgIpc) is 2.71. The summed E-state index contributed by atoms with van der Waals surface area (Å²) in [7, 11) is 0. The van der Waals surface area contributed by atoms with Crippen LogP contribution in [0.5, 0.6) is 0 Å². The molecule has 3 heteroatoms. The van der Waals surface area contributed by atoms with Crippen LogP contribution in [-0.4, -0.2) is 5.97 Å². The maximum absolute atomic E-state index is 13.6. The first-order valence-electron chi connectivity index (χ1n) is 5.73.